The first-order valence-corrected chi connectivity index (χ1v) is 8.61. The van der Waals surface area contributed by atoms with Crippen LogP contribution in [0.4, 0.5) is 0 Å². The van der Waals surface area contributed by atoms with Crippen LogP contribution in [-0.2, 0) is 6.42 Å². The first-order valence-electron chi connectivity index (χ1n) is 7.80. The summed E-state index contributed by atoms with van der Waals surface area (Å²) in [5.74, 6) is 0.00677. The summed E-state index contributed by atoms with van der Waals surface area (Å²) in [7, 11) is 0. The molecule has 0 amide bonds. The smallest absolute Gasteiger partial charge is 0.170 e. The van der Waals surface area contributed by atoms with Gasteiger partial charge in [-0.15, -0.1) is 11.3 Å². The highest BCUT2D eigenvalue weighted by molar-refractivity contribution is 7.15. The standard InChI is InChI=1S/C19H14N4OS/c1-12-21-11-19(25-12)17-6-14-5-16(22-9-15(14)10-23-17)7-18(24)13-3-2-4-20-8-13/h2-6,8-11H,7H2,1H3. The predicted octanol–water partition coefficient (Wildman–Crippen LogP) is 3.88. The van der Waals surface area contributed by atoms with E-state index < -0.39 is 0 Å². The van der Waals surface area contributed by atoms with Crippen molar-refractivity contribution in [3.63, 3.8) is 0 Å². The molecule has 4 heterocycles. The van der Waals surface area contributed by atoms with Crippen molar-refractivity contribution in [1.29, 1.82) is 0 Å². The van der Waals surface area contributed by atoms with E-state index in [0.717, 1.165) is 32.0 Å². The molecule has 122 valence electrons. The highest BCUT2D eigenvalue weighted by atomic mass is 32.1. The first kappa shape index (κ1) is 15.5. The lowest BCUT2D eigenvalue weighted by atomic mass is 10.1. The molecule has 4 rings (SSSR count). The maximum absolute atomic E-state index is 12.3. The van der Waals surface area contributed by atoms with Gasteiger partial charge >= 0.3 is 0 Å². The molecule has 0 saturated carbocycles. The van der Waals surface area contributed by atoms with Crippen molar-refractivity contribution in [2.24, 2.45) is 0 Å². The van der Waals surface area contributed by atoms with Gasteiger partial charge in [-0.2, -0.15) is 0 Å². The summed E-state index contributed by atoms with van der Waals surface area (Å²) in [4.78, 5) is 30.5. The van der Waals surface area contributed by atoms with Gasteiger partial charge in [0.2, 0.25) is 0 Å². The van der Waals surface area contributed by atoms with E-state index in [0.29, 0.717) is 5.56 Å². The lowest BCUT2D eigenvalue weighted by Gasteiger charge is -2.04. The van der Waals surface area contributed by atoms with E-state index >= 15 is 0 Å². The number of carbonyl (C=O) groups is 1. The number of hydrogen-bond acceptors (Lipinski definition) is 6. The average Bonchev–Trinajstić information content (AvgIpc) is 3.08. The second kappa shape index (κ2) is 6.49. The molecule has 0 aliphatic heterocycles. The summed E-state index contributed by atoms with van der Waals surface area (Å²) in [5.41, 5.74) is 2.22. The van der Waals surface area contributed by atoms with E-state index in [4.69, 9.17) is 0 Å². The Morgan fingerprint density at radius 3 is 2.68 bits per heavy atom. The normalized spacial score (nSPS) is 10.9. The summed E-state index contributed by atoms with van der Waals surface area (Å²) in [6.07, 6.45) is 8.88. The summed E-state index contributed by atoms with van der Waals surface area (Å²) < 4.78 is 0. The van der Waals surface area contributed by atoms with E-state index in [9.17, 15) is 4.79 Å². The van der Waals surface area contributed by atoms with Crippen molar-refractivity contribution < 1.29 is 4.79 Å². The second-order valence-electron chi connectivity index (χ2n) is 5.68. The molecule has 0 N–H and O–H groups in total. The average molecular weight is 346 g/mol. The summed E-state index contributed by atoms with van der Waals surface area (Å²) >= 11 is 1.61. The zero-order valence-electron chi connectivity index (χ0n) is 13.5. The Balaban J connectivity index is 1.66. The van der Waals surface area contributed by atoms with Crippen LogP contribution >= 0.6 is 11.3 Å². The van der Waals surface area contributed by atoms with Crippen LogP contribution in [0.5, 0.6) is 0 Å². The number of Topliss-reactive ketones (excluding diaryl/α,β-unsaturated/α-hetero) is 1. The van der Waals surface area contributed by atoms with Crippen molar-refractivity contribution in [3.8, 4) is 10.6 Å². The Labute approximate surface area is 148 Å². The minimum Gasteiger partial charge on any atom is -0.294 e. The number of ketones is 1. The summed E-state index contributed by atoms with van der Waals surface area (Å²) in [5, 5.41) is 2.97. The van der Waals surface area contributed by atoms with Gasteiger partial charge < -0.3 is 0 Å². The topological polar surface area (TPSA) is 68.6 Å². The summed E-state index contributed by atoms with van der Waals surface area (Å²) in [6, 6.07) is 7.49. The number of nitrogens with zero attached hydrogens (tertiary/aromatic N) is 4. The lowest BCUT2D eigenvalue weighted by Crippen LogP contribution is -2.05. The highest BCUT2D eigenvalue weighted by Crippen LogP contribution is 2.26. The number of rotatable bonds is 4. The van der Waals surface area contributed by atoms with Crippen molar-refractivity contribution >= 4 is 27.9 Å². The molecule has 25 heavy (non-hydrogen) atoms. The van der Waals surface area contributed by atoms with Crippen LogP contribution in [0.3, 0.4) is 0 Å². The van der Waals surface area contributed by atoms with Crippen LogP contribution in [0, 0.1) is 6.92 Å². The van der Waals surface area contributed by atoms with Gasteiger partial charge in [0, 0.05) is 47.6 Å². The van der Waals surface area contributed by atoms with Gasteiger partial charge in [0.15, 0.2) is 5.78 Å². The van der Waals surface area contributed by atoms with Crippen molar-refractivity contribution in [1.82, 2.24) is 19.9 Å². The molecule has 0 spiro atoms. The molecule has 4 aromatic rings. The molecular weight excluding hydrogens is 332 g/mol. The van der Waals surface area contributed by atoms with Gasteiger partial charge in [0.1, 0.15) is 0 Å². The van der Waals surface area contributed by atoms with Crippen LogP contribution < -0.4 is 0 Å². The fourth-order valence-corrected chi connectivity index (χ4v) is 3.33. The monoisotopic (exact) mass is 346 g/mol. The Morgan fingerprint density at radius 2 is 1.92 bits per heavy atom. The lowest BCUT2D eigenvalue weighted by molar-refractivity contribution is 0.0991. The van der Waals surface area contributed by atoms with Gasteiger partial charge in [0.05, 0.1) is 22.0 Å². The van der Waals surface area contributed by atoms with Crippen LogP contribution in [0.25, 0.3) is 21.3 Å². The molecule has 0 saturated heterocycles. The van der Waals surface area contributed by atoms with Gasteiger partial charge in [-0.3, -0.25) is 19.7 Å². The van der Waals surface area contributed by atoms with E-state index in [1.807, 2.05) is 25.3 Å². The molecule has 0 aromatic carbocycles. The fraction of sp³-hybridized carbons (Fsp3) is 0.105. The van der Waals surface area contributed by atoms with E-state index in [2.05, 4.69) is 19.9 Å². The van der Waals surface area contributed by atoms with Gasteiger partial charge in [0.25, 0.3) is 0 Å². The molecule has 0 unspecified atom stereocenters. The third-order valence-corrected chi connectivity index (χ3v) is 4.79. The van der Waals surface area contributed by atoms with Gasteiger partial charge in [-0.25, -0.2) is 4.98 Å². The third-order valence-electron chi connectivity index (χ3n) is 3.86. The number of carbonyl (C=O) groups excluding carboxylic acids is 1. The number of pyridine rings is 3. The molecule has 0 fully saturated rings. The first-order chi connectivity index (χ1) is 12.2. The molecule has 0 atom stereocenters. The fourth-order valence-electron chi connectivity index (χ4n) is 2.59. The Hall–Kier alpha value is -2.99. The summed E-state index contributed by atoms with van der Waals surface area (Å²) in [6.45, 7) is 1.97. The number of aryl methyl sites for hydroxylation is 1. The van der Waals surface area contributed by atoms with Crippen LogP contribution in [0.15, 0.2) is 55.2 Å². The Bertz CT molecular complexity index is 1060. The number of fused-ring (bicyclic) bond motifs is 1. The molecule has 4 aromatic heterocycles. The molecular formula is C19H14N4OS. The molecule has 0 bridgehead atoms. The number of hydrogen-bond donors (Lipinski definition) is 0. The van der Waals surface area contributed by atoms with Crippen LogP contribution in [0.1, 0.15) is 21.1 Å². The minimum absolute atomic E-state index is 0.00677. The third kappa shape index (κ3) is 3.29. The predicted molar refractivity (Wildman–Crippen MR) is 97.7 cm³/mol. The Morgan fingerprint density at radius 1 is 1.04 bits per heavy atom. The second-order valence-corrected chi connectivity index (χ2v) is 6.91. The maximum atomic E-state index is 12.3. The van der Waals surface area contributed by atoms with Crippen molar-refractivity contribution in [2.75, 3.05) is 0 Å². The van der Waals surface area contributed by atoms with E-state index in [1.54, 1.807) is 48.3 Å². The van der Waals surface area contributed by atoms with E-state index in [1.165, 1.54) is 0 Å². The molecule has 5 nitrogen and oxygen atoms in total. The quantitative estimate of drug-likeness (QED) is 0.525. The van der Waals surface area contributed by atoms with Gasteiger partial charge in [-0.1, -0.05) is 0 Å². The zero-order valence-corrected chi connectivity index (χ0v) is 14.3. The van der Waals surface area contributed by atoms with Crippen LogP contribution in [-0.4, -0.2) is 25.7 Å². The van der Waals surface area contributed by atoms with Crippen molar-refractivity contribution in [3.05, 3.63) is 71.5 Å². The molecule has 0 aliphatic rings. The van der Waals surface area contributed by atoms with Crippen molar-refractivity contribution in [2.45, 2.75) is 13.3 Å². The van der Waals surface area contributed by atoms with Gasteiger partial charge in [-0.05, 0) is 36.6 Å². The van der Waals surface area contributed by atoms with E-state index in [-0.39, 0.29) is 12.2 Å². The molecule has 0 aliphatic carbocycles. The zero-order chi connectivity index (χ0) is 17.2. The highest BCUT2D eigenvalue weighted by Gasteiger charge is 2.10. The minimum atomic E-state index is 0.00677. The maximum Gasteiger partial charge on any atom is 0.170 e. The van der Waals surface area contributed by atoms with Crippen LogP contribution in [0.2, 0.25) is 0 Å². The largest absolute Gasteiger partial charge is 0.294 e. The number of aromatic nitrogens is 4. The number of thiazole rings is 1. The molecule has 0 radical (unpaired) electrons. The molecule has 6 heteroatoms. The SMILES string of the molecule is Cc1ncc(-c2cc3cc(CC(=O)c4cccnc4)ncc3cn2)s1. The Kier molecular flexibility index (Phi) is 4.03.